The zero-order chi connectivity index (χ0) is 16.2. The van der Waals surface area contributed by atoms with Gasteiger partial charge in [-0.25, -0.2) is 9.97 Å². The molecule has 1 heterocycles. The molecular formula is C18H17N3O2. The zero-order valence-electron chi connectivity index (χ0n) is 13.0. The van der Waals surface area contributed by atoms with E-state index < -0.39 is 0 Å². The molecule has 0 atom stereocenters. The molecule has 3 rings (SSSR count). The predicted molar refractivity (Wildman–Crippen MR) is 88.4 cm³/mol. The van der Waals surface area contributed by atoms with Gasteiger partial charge in [-0.05, 0) is 24.6 Å². The average Bonchev–Trinajstić information content (AvgIpc) is 2.59. The third-order valence-corrected chi connectivity index (χ3v) is 3.52. The van der Waals surface area contributed by atoms with Crippen LogP contribution in [0.25, 0.3) is 11.0 Å². The summed E-state index contributed by atoms with van der Waals surface area (Å²) >= 11 is 0. The van der Waals surface area contributed by atoms with E-state index in [1.807, 2.05) is 55.5 Å². The summed E-state index contributed by atoms with van der Waals surface area (Å²) in [6, 6.07) is 15.4. The van der Waals surface area contributed by atoms with E-state index in [1.54, 1.807) is 0 Å². The van der Waals surface area contributed by atoms with E-state index in [2.05, 4.69) is 15.3 Å². The molecule has 0 radical (unpaired) electrons. The van der Waals surface area contributed by atoms with Gasteiger partial charge in [0.05, 0.1) is 18.1 Å². The number of carbonyl (C=O) groups excluding carboxylic acids is 1. The van der Waals surface area contributed by atoms with Gasteiger partial charge in [0.15, 0.2) is 5.69 Å². The molecule has 0 saturated heterocycles. The van der Waals surface area contributed by atoms with Crippen molar-refractivity contribution in [2.75, 3.05) is 7.11 Å². The standard InChI is InChI=1S/C18H17N3O2/c1-12-7-9-13(10-8-12)11-19-17(22)16-18(23-2)21-15-6-4-3-5-14(15)20-16/h3-10H,11H2,1-2H3,(H,19,22). The van der Waals surface area contributed by atoms with Crippen LogP contribution in [0.3, 0.4) is 0 Å². The number of fused-ring (bicyclic) bond motifs is 1. The number of ether oxygens (including phenoxy) is 1. The molecule has 0 aliphatic rings. The van der Waals surface area contributed by atoms with Gasteiger partial charge in [0.25, 0.3) is 5.91 Å². The fourth-order valence-electron chi connectivity index (χ4n) is 2.25. The topological polar surface area (TPSA) is 64.1 Å². The van der Waals surface area contributed by atoms with E-state index in [0.29, 0.717) is 17.6 Å². The van der Waals surface area contributed by atoms with Crippen LogP contribution >= 0.6 is 0 Å². The van der Waals surface area contributed by atoms with Gasteiger partial charge in [0.1, 0.15) is 0 Å². The third-order valence-electron chi connectivity index (χ3n) is 3.52. The third kappa shape index (κ3) is 3.29. The highest BCUT2D eigenvalue weighted by molar-refractivity contribution is 5.96. The van der Waals surface area contributed by atoms with E-state index in [-0.39, 0.29) is 17.5 Å². The Bertz CT molecular complexity index is 845. The molecule has 5 heteroatoms. The van der Waals surface area contributed by atoms with Crippen LogP contribution in [0, 0.1) is 6.92 Å². The van der Waals surface area contributed by atoms with Crippen LogP contribution < -0.4 is 10.1 Å². The van der Waals surface area contributed by atoms with E-state index in [4.69, 9.17) is 4.74 Å². The molecule has 0 spiro atoms. The summed E-state index contributed by atoms with van der Waals surface area (Å²) in [6.45, 7) is 2.45. The van der Waals surface area contributed by atoms with Crippen molar-refractivity contribution in [3.8, 4) is 5.88 Å². The summed E-state index contributed by atoms with van der Waals surface area (Å²) in [5.41, 5.74) is 3.75. The highest BCUT2D eigenvalue weighted by atomic mass is 16.5. The Kier molecular flexibility index (Phi) is 4.19. The lowest BCUT2D eigenvalue weighted by Gasteiger charge is -2.09. The second kappa shape index (κ2) is 6.44. The number of aromatic nitrogens is 2. The summed E-state index contributed by atoms with van der Waals surface area (Å²) in [4.78, 5) is 21.1. The molecule has 0 saturated carbocycles. The van der Waals surface area contributed by atoms with Crippen LogP contribution in [-0.2, 0) is 6.54 Å². The van der Waals surface area contributed by atoms with Crippen molar-refractivity contribution in [3.63, 3.8) is 0 Å². The minimum atomic E-state index is -0.305. The van der Waals surface area contributed by atoms with Crippen LogP contribution in [0.15, 0.2) is 48.5 Å². The van der Waals surface area contributed by atoms with E-state index in [9.17, 15) is 4.79 Å². The number of hydrogen-bond acceptors (Lipinski definition) is 4. The van der Waals surface area contributed by atoms with E-state index in [0.717, 1.165) is 5.56 Å². The Morgan fingerprint density at radius 1 is 1.04 bits per heavy atom. The fraction of sp³-hybridized carbons (Fsp3) is 0.167. The Hall–Kier alpha value is -2.95. The first-order valence-corrected chi connectivity index (χ1v) is 7.32. The molecule has 0 unspecified atom stereocenters. The second-order valence-electron chi connectivity index (χ2n) is 5.24. The number of benzene rings is 2. The molecule has 1 N–H and O–H groups in total. The van der Waals surface area contributed by atoms with Crippen LogP contribution in [-0.4, -0.2) is 23.0 Å². The molecule has 1 amide bonds. The molecule has 0 aliphatic heterocycles. The van der Waals surface area contributed by atoms with Crippen molar-refractivity contribution in [2.45, 2.75) is 13.5 Å². The zero-order valence-corrected chi connectivity index (χ0v) is 13.0. The molecular weight excluding hydrogens is 290 g/mol. The minimum absolute atomic E-state index is 0.193. The van der Waals surface area contributed by atoms with Crippen molar-refractivity contribution in [2.24, 2.45) is 0 Å². The maximum absolute atomic E-state index is 12.4. The van der Waals surface area contributed by atoms with E-state index >= 15 is 0 Å². The summed E-state index contributed by atoms with van der Waals surface area (Å²) in [7, 11) is 1.48. The van der Waals surface area contributed by atoms with Crippen LogP contribution in [0.5, 0.6) is 5.88 Å². The molecule has 3 aromatic rings. The van der Waals surface area contributed by atoms with Crippen LogP contribution in [0.4, 0.5) is 0 Å². The first kappa shape index (κ1) is 15.0. The number of aryl methyl sites for hydroxylation is 1. The monoisotopic (exact) mass is 307 g/mol. The Morgan fingerprint density at radius 2 is 1.70 bits per heavy atom. The number of carbonyl (C=O) groups is 1. The lowest BCUT2D eigenvalue weighted by molar-refractivity contribution is 0.0942. The number of nitrogens with zero attached hydrogens (tertiary/aromatic N) is 2. The Morgan fingerprint density at radius 3 is 2.35 bits per heavy atom. The fourth-order valence-corrected chi connectivity index (χ4v) is 2.25. The average molecular weight is 307 g/mol. The van der Waals surface area contributed by atoms with Gasteiger partial charge in [0, 0.05) is 6.54 Å². The molecule has 1 aromatic heterocycles. The Balaban J connectivity index is 1.83. The molecule has 0 fully saturated rings. The highest BCUT2D eigenvalue weighted by Gasteiger charge is 2.16. The second-order valence-corrected chi connectivity index (χ2v) is 5.24. The molecule has 2 aromatic carbocycles. The molecule has 0 aliphatic carbocycles. The molecule has 5 nitrogen and oxygen atoms in total. The first-order chi connectivity index (χ1) is 11.2. The van der Waals surface area contributed by atoms with Crippen molar-refractivity contribution >= 4 is 16.9 Å². The number of hydrogen-bond donors (Lipinski definition) is 1. The normalized spacial score (nSPS) is 10.5. The maximum Gasteiger partial charge on any atom is 0.275 e. The summed E-state index contributed by atoms with van der Waals surface area (Å²) < 4.78 is 5.21. The maximum atomic E-state index is 12.4. The van der Waals surface area contributed by atoms with Crippen LogP contribution in [0.1, 0.15) is 21.6 Å². The largest absolute Gasteiger partial charge is 0.479 e. The van der Waals surface area contributed by atoms with Gasteiger partial charge in [-0.2, -0.15) is 0 Å². The molecule has 23 heavy (non-hydrogen) atoms. The summed E-state index contributed by atoms with van der Waals surface area (Å²) in [5, 5.41) is 2.85. The van der Waals surface area contributed by atoms with Crippen molar-refractivity contribution in [1.82, 2.24) is 15.3 Å². The Labute approximate surface area is 134 Å². The summed E-state index contributed by atoms with van der Waals surface area (Å²) in [5.74, 6) is -0.0780. The van der Waals surface area contributed by atoms with Gasteiger partial charge in [-0.1, -0.05) is 42.0 Å². The number of para-hydroxylation sites is 2. The molecule has 0 bridgehead atoms. The predicted octanol–water partition coefficient (Wildman–Crippen LogP) is 2.88. The lowest BCUT2D eigenvalue weighted by atomic mass is 10.1. The van der Waals surface area contributed by atoms with Gasteiger partial charge >= 0.3 is 0 Å². The van der Waals surface area contributed by atoms with Crippen molar-refractivity contribution in [3.05, 3.63) is 65.4 Å². The van der Waals surface area contributed by atoms with Gasteiger partial charge < -0.3 is 10.1 Å². The smallest absolute Gasteiger partial charge is 0.275 e. The SMILES string of the molecule is COc1nc2ccccc2nc1C(=O)NCc1ccc(C)cc1. The van der Waals surface area contributed by atoms with Gasteiger partial charge in [-0.3, -0.25) is 4.79 Å². The van der Waals surface area contributed by atoms with Gasteiger partial charge in [-0.15, -0.1) is 0 Å². The number of nitrogens with one attached hydrogen (secondary N) is 1. The highest BCUT2D eigenvalue weighted by Crippen LogP contribution is 2.18. The summed E-state index contributed by atoms with van der Waals surface area (Å²) in [6.07, 6.45) is 0. The minimum Gasteiger partial charge on any atom is -0.479 e. The number of amides is 1. The lowest BCUT2D eigenvalue weighted by Crippen LogP contribution is -2.24. The quantitative estimate of drug-likeness (QED) is 0.805. The van der Waals surface area contributed by atoms with Crippen molar-refractivity contribution in [1.29, 1.82) is 0 Å². The van der Waals surface area contributed by atoms with Gasteiger partial charge in [0.2, 0.25) is 5.88 Å². The first-order valence-electron chi connectivity index (χ1n) is 7.32. The molecule has 116 valence electrons. The van der Waals surface area contributed by atoms with Crippen molar-refractivity contribution < 1.29 is 9.53 Å². The van der Waals surface area contributed by atoms with E-state index in [1.165, 1.54) is 12.7 Å². The van der Waals surface area contributed by atoms with Crippen LogP contribution in [0.2, 0.25) is 0 Å². The number of methoxy groups -OCH3 is 1. The number of rotatable bonds is 4.